The molecule has 0 spiro atoms. The Bertz CT molecular complexity index is 1770. The van der Waals surface area contributed by atoms with Gasteiger partial charge < -0.3 is 99.0 Å². The molecular formula is C57H96N4O24. The first-order valence-corrected chi connectivity index (χ1v) is 28.3. The molecule has 0 heterocycles. The maximum atomic E-state index is 13.3. The number of aliphatic carboxylic acids is 4. The number of aldehydes is 8. The van der Waals surface area contributed by atoms with Gasteiger partial charge in [0.05, 0.1) is 76.5 Å². The zero-order valence-electron chi connectivity index (χ0n) is 50.1. The number of carbonyl (C=O) groups is 16. The van der Waals surface area contributed by atoms with Crippen molar-refractivity contribution in [3.8, 4) is 0 Å². The first-order valence-electron chi connectivity index (χ1n) is 28.3. The Labute approximate surface area is 498 Å². The van der Waals surface area contributed by atoms with Gasteiger partial charge in [-0.05, 0) is 77.6 Å². The minimum Gasteiger partial charge on any atom is -0.481 e. The normalized spacial score (nSPS) is 12.6. The van der Waals surface area contributed by atoms with Crippen LogP contribution < -0.4 is 21.3 Å². The summed E-state index contributed by atoms with van der Waals surface area (Å²) < 4.78 is 21.3. The van der Waals surface area contributed by atoms with Gasteiger partial charge in [-0.3, -0.25) is 38.4 Å². The van der Waals surface area contributed by atoms with Crippen LogP contribution in [0.2, 0.25) is 0 Å². The number of ether oxygens (including phenoxy) is 4. The summed E-state index contributed by atoms with van der Waals surface area (Å²) in [7, 11) is 0. The highest BCUT2D eigenvalue weighted by Crippen LogP contribution is 2.33. The molecule has 0 saturated carbocycles. The molecule has 0 saturated heterocycles. The standard InChI is InChI=1S/C37H64N4O16.4C5H8O2/c1-23(16-31(43)39-9-13-55-20-25(3)35(48)49)29(18-33(45)41-11-15-57-22-27(5)37(52)53)28(17-32(44)40-10-14-56-21-26(4)36(50)51)6-7-30(42)38-8-12-54-19-24(2)34(46)47;4*6-4-2-1-3-5-7/h23-29H,6-22H2,1-5H3,(H,38,42)(H,39,43)(H,40,44)(H,41,45)(H,46,47)(H,48,49)(H,50,51)(H,52,53);4*4-5H,1-3H2. The maximum absolute atomic E-state index is 13.3. The molecule has 0 aromatic rings. The van der Waals surface area contributed by atoms with E-state index >= 15 is 0 Å². The molecule has 8 N–H and O–H groups in total. The number of nitrogens with one attached hydrogen (secondary N) is 4. The minimum atomic E-state index is -1.03. The molecule has 28 nitrogen and oxygen atoms in total. The quantitative estimate of drug-likeness (QED) is 0.0320. The number of amides is 4. The minimum absolute atomic E-state index is 0.0360. The Hall–Kier alpha value is -7.04. The van der Waals surface area contributed by atoms with E-state index in [0.717, 1.165) is 50.3 Å². The highest BCUT2D eigenvalue weighted by atomic mass is 16.5. The zero-order chi connectivity index (χ0) is 65.5. The fourth-order valence-corrected chi connectivity index (χ4v) is 6.33. The van der Waals surface area contributed by atoms with Gasteiger partial charge in [0.2, 0.25) is 23.6 Å². The Morgan fingerprint density at radius 2 is 0.588 bits per heavy atom. The summed E-state index contributed by atoms with van der Waals surface area (Å²) in [6.07, 6.45) is 13.2. The number of carboxylic acid groups (broad SMARTS) is 4. The molecule has 85 heavy (non-hydrogen) atoms. The number of rotatable bonds is 51. The van der Waals surface area contributed by atoms with E-state index in [-0.39, 0.29) is 123 Å². The van der Waals surface area contributed by atoms with Gasteiger partial charge in [-0.15, -0.1) is 0 Å². The van der Waals surface area contributed by atoms with Gasteiger partial charge in [-0.2, -0.15) is 0 Å². The van der Waals surface area contributed by atoms with E-state index in [4.69, 9.17) is 39.4 Å². The second kappa shape index (κ2) is 64.5. The monoisotopic (exact) mass is 1220 g/mol. The first-order chi connectivity index (χ1) is 40.5. The average Bonchev–Trinajstić information content (AvgIpc) is 3.47. The van der Waals surface area contributed by atoms with Gasteiger partial charge in [0, 0.05) is 103 Å². The molecule has 7 atom stereocenters. The van der Waals surface area contributed by atoms with Crippen LogP contribution >= 0.6 is 0 Å². The second-order valence-corrected chi connectivity index (χ2v) is 19.3. The molecule has 0 fully saturated rings. The Morgan fingerprint density at radius 1 is 0.353 bits per heavy atom. The second-order valence-electron chi connectivity index (χ2n) is 19.3. The third kappa shape index (κ3) is 64.4. The van der Waals surface area contributed by atoms with E-state index in [0.29, 0.717) is 77.0 Å². The van der Waals surface area contributed by atoms with Crippen molar-refractivity contribution in [2.24, 2.45) is 41.4 Å². The molecular weight excluding hydrogens is 1120 g/mol. The fraction of sp³-hybridized carbons (Fsp3) is 0.719. The van der Waals surface area contributed by atoms with Gasteiger partial charge in [-0.1, -0.05) is 6.92 Å². The van der Waals surface area contributed by atoms with Gasteiger partial charge in [0.15, 0.2) is 0 Å². The Balaban J connectivity index is -0.000000615. The third-order valence-corrected chi connectivity index (χ3v) is 11.5. The van der Waals surface area contributed by atoms with Crippen LogP contribution in [0, 0.1) is 41.4 Å². The lowest BCUT2D eigenvalue weighted by molar-refractivity contribution is -0.144. The zero-order valence-corrected chi connectivity index (χ0v) is 50.1. The van der Waals surface area contributed by atoms with Gasteiger partial charge in [0.25, 0.3) is 0 Å². The van der Waals surface area contributed by atoms with E-state index in [1.165, 1.54) is 27.7 Å². The lowest BCUT2D eigenvalue weighted by atomic mass is 9.74. The number of unbranched alkanes of at least 4 members (excludes halogenated alkanes) is 8. The molecule has 0 aromatic carbocycles. The molecule has 0 radical (unpaired) electrons. The number of carbonyl (C=O) groups excluding carboxylic acids is 12. The molecule has 4 amide bonds. The van der Waals surface area contributed by atoms with Crippen molar-refractivity contribution in [3.63, 3.8) is 0 Å². The smallest absolute Gasteiger partial charge is 0.308 e. The van der Waals surface area contributed by atoms with Crippen LogP contribution in [-0.2, 0) is 95.7 Å². The van der Waals surface area contributed by atoms with Crippen LogP contribution in [0.3, 0.4) is 0 Å². The van der Waals surface area contributed by atoms with Crippen LogP contribution in [-0.4, -0.2) is 197 Å². The Kier molecular flexibility index (Phi) is 65.8. The molecule has 488 valence electrons. The third-order valence-electron chi connectivity index (χ3n) is 11.5. The van der Waals surface area contributed by atoms with Crippen molar-refractivity contribution in [2.45, 2.75) is 144 Å². The summed E-state index contributed by atoms with van der Waals surface area (Å²) in [6.45, 7) is 8.05. The van der Waals surface area contributed by atoms with Crippen molar-refractivity contribution >= 4 is 97.8 Å². The predicted molar refractivity (Wildman–Crippen MR) is 306 cm³/mol. The Morgan fingerprint density at radius 3 is 0.835 bits per heavy atom. The summed E-state index contributed by atoms with van der Waals surface area (Å²) in [5.41, 5.74) is 0. The largest absolute Gasteiger partial charge is 0.481 e. The van der Waals surface area contributed by atoms with Crippen molar-refractivity contribution in [1.29, 1.82) is 0 Å². The topological polar surface area (TPSA) is 439 Å². The molecule has 28 heteroatoms. The van der Waals surface area contributed by atoms with Gasteiger partial charge in [-0.25, -0.2) is 0 Å². The van der Waals surface area contributed by atoms with Crippen LogP contribution in [0.5, 0.6) is 0 Å². The number of carboxylic acids is 4. The predicted octanol–water partition coefficient (Wildman–Crippen LogP) is 2.44. The van der Waals surface area contributed by atoms with Crippen LogP contribution in [0.4, 0.5) is 0 Å². The van der Waals surface area contributed by atoms with Crippen molar-refractivity contribution in [3.05, 3.63) is 0 Å². The fourth-order valence-electron chi connectivity index (χ4n) is 6.33. The summed E-state index contributed by atoms with van der Waals surface area (Å²) in [5.74, 6) is -10.3. The molecule has 7 unspecified atom stereocenters. The number of hydrogen-bond acceptors (Lipinski definition) is 20. The summed E-state index contributed by atoms with van der Waals surface area (Å²) in [5, 5.41) is 46.9. The summed E-state index contributed by atoms with van der Waals surface area (Å²) >= 11 is 0. The molecule has 0 aliphatic rings. The molecule has 0 aliphatic heterocycles. The molecule has 0 bridgehead atoms. The van der Waals surface area contributed by atoms with Crippen LogP contribution in [0.15, 0.2) is 0 Å². The SMILES string of the molecule is CC(COCCNC(=O)CCC(CC(=O)NCCOCC(C)C(=O)O)C(CC(=O)NCCOCC(C)C(=O)O)C(C)CC(=O)NCCOCC(C)C(=O)O)C(=O)O.O=CCCCC=O.O=CCCCC=O.O=CCCCC=O.O=CCCCC=O. The van der Waals surface area contributed by atoms with Crippen molar-refractivity contribution < 1.29 is 116 Å². The lowest BCUT2D eigenvalue weighted by Crippen LogP contribution is -2.38. The summed E-state index contributed by atoms with van der Waals surface area (Å²) in [6, 6.07) is 0. The van der Waals surface area contributed by atoms with E-state index in [9.17, 15) is 76.7 Å². The van der Waals surface area contributed by atoms with Crippen molar-refractivity contribution in [1.82, 2.24) is 21.3 Å². The van der Waals surface area contributed by atoms with Gasteiger partial charge in [0.1, 0.15) is 50.3 Å². The van der Waals surface area contributed by atoms with E-state index < -0.39 is 77.1 Å². The van der Waals surface area contributed by atoms with Crippen LogP contribution in [0.1, 0.15) is 144 Å². The van der Waals surface area contributed by atoms with E-state index in [1.807, 2.05) is 0 Å². The van der Waals surface area contributed by atoms with E-state index in [1.54, 1.807) is 6.92 Å². The van der Waals surface area contributed by atoms with E-state index in [2.05, 4.69) is 21.3 Å². The highest BCUT2D eigenvalue weighted by Gasteiger charge is 2.32. The summed E-state index contributed by atoms with van der Waals surface area (Å²) in [4.78, 5) is 173. The average molecular weight is 1220 g/mol. The first kappa shape index (κ1) is 86.7. The maximum Gasteiger partial charge on any atom is 0.308 e. The molecule has 0 rings (SSSR count). The van der Waals surface area contributed by atoms with Crippen molar-refractivity contribution in [2.75, 3.05) is 79.0 Å². The highest BCUT2D eigenvalue weighted by molar-refractivity contribution is 5.79. The molecule has 0 aromatic heterocycles. The lowest BCUT2D eigenvalue weighted by Gasteiger charge is -2.31. The molecule has 0 aliphatic carbocycles. The van der Waals surface area contributed by atoms with Crippen LogP contribution in [0.25, 0.3) is 0 Å². The van der Waals surface area contributed by atoms with Gasteiger partial charge >= 0.3 is 23.9 Å². The number of hydrogen-bond donors (Lipinski definition) is 8.